The summed E-state index contributed by atoms with van der Waals surface area (Å²) >= 11 is 0. The van der Waals surface area contributed by atoms with Crippen molar-refractivity contribution in [3.05, 3.63) is 35.4 Å². The van der Waals surface area contributed by atoms with Crippen LogP contribution in [0.2, 0.25) is 0 Å². The summed E-state index contributed by atoms with van der Waals surface area (Å²) in [4.78, 5) is 14.4. The zero-order valence-electron chi connectivity index (χ0n) is 14.1. The molecule has 1 aliphatic rings. The zero-order chi connectivity index (χ0) is 16.2. The van der Waals surface area contributed by atoms with Gasteiger partial charge in [-0.25, -0.2) is 0 Å². The fourth-order valence-corrected chi connectivity index (χ4v) is 3.17. The van der Waals surface area contributed by atoms with Crippen molar-refractivity contribution in [1.29, 1.82) is 0 Å². The van der Waals surface area contributed by atoms with Crippen LogP contribution in [0.4, 0.5) is 0 Å². The van der Waals surface area contributed by atoms with Gasteiger partial charge in [-0.2, -0.15) is 0 Å². The third kappa shape index (κ3) is 4.33. The van der Waals surface area contributed by atoms with Crippen LogP contribution in [0.15, 0.2) is 24.3 Å². The van der Waals surface area contributed by atoms with Crippen molar-refractivity contribution in [3.8, 4) is 0 Å². The van der Waals surface area contributed by atoms with Gasteiger partial charge in [-0.1, -0.05) is 43.7 Å². The molecule has 3 heteroatoms. The largest absolute Gasteiger partial charge is 0.396 e. The maximum Gasteiger partial charge on any atom is 0.222 e. The number of likely N-dealkylation sites (tertiary alicyclic amines) is 1. The number of aliphatic hydroxyl groups excluding tert-OH is 1. The SMILES string of the molecule is Cc1ccc(C(C)(C)CCC(=O)N2CCCC(CO)C2)cc1. The fraction of sp³-hybridized carbons (Fsp3) is 0.632. The molecule has 0 radical (unpaired) electrons. The number of carbonyl (C=O) groups excluding carboxylic acids is 1. The van der Waals surface area contributed by atoms with E-state index in [4.69, 9.17) is 0 Å². The number of amides is 1. The van der Waals surface area contributed by atoms with Crippen LogP contribution in [-0.2, 0) is 10.2 Å². The smallest absolute Gasteiger partial charge is 0.222 e. The van der Waals surface area contributed by atoms with E-state index in [0.29, 0.717) is 6.42 Å². The fourth-order valence-electron chi connectivity index (χ4n) is 3.17. The zero-order valence-corrected chi connectivity index (χ0v) is 14.1. The molecule has 122 valence electrons. The summed E-state index contributed by atoms with van der Waals surface area (Å²) in [6.07, 6.45) is 3.49. The average Bonchev–Trinajstić information content (AvgIpc) is 2.53. The molecular weight excluding hydrogens is 274 g/mol. The Hall–Kier alpha value is -1.35. The lowest BCUT2D eigenvalue weighted by Crippen LogP contribution is -2.41. The second-order valence-corrected chi connectivity index (χ2v) is 7.28. The van der Waals surface area contributed by atoms with Crippen molar-refractivity contribution in [3.63, 3.8) is 0 Å². The van der Waals surface area contributed by atoms with E-state index in [0.717, 1.165) is 32.4 Å². The average molecular weight is 303 g/mol. The minimum Gasteiger partial charge on any atom is -0.396 e. The number of benzene rings is 1. The Labute approximate surface area is 134 Å². The summed E-state index contributed by atoms with van der Waals surface area (Å²) in [7, 11) is 0. The summed E-state index contributed by atoms with van der Waals surface area (Å²) in [5.41, 5.74) is 2.56. The van der Waals surface area contributed by atoms with E-state index in [-0.39, 0.29) is 23.8 Å². The maximum absolute atomic E-state index is 12.4. The highest BCUT2D eigenvalue weighted by atomic mass is 16.3. The van der Waals surface area contributed by atoms with Gasteiger partial charge in [0.1, 0.15) is 0 Å². The van der Waals surface area contributed by atoms with Crippen molar-refractivity contribution < 1.29 is 9.90 Å². The van der Waals surface area contributed by atoms with Crippen molar-refractivity contribution in [2.75, 3.05) is 19.7 Å². The molecule has 1 aromatic rings. The number of piperidine rings is 1. The number of nitrogens with zero attached hydrogens (tertiary/aromatic N) is 1. The van der Waals surface area contributed by atoms with Crippen LogP contribution < -0.4 is 0 Å². The van der Waals surface area contributed by atoms with E-state index in [1.54, 1.807) is 0 Å². The highest BCUT2D eigenvalue weighted by Gasteiger charge is 2.26. The normalized spacial score (nSPS) is 19.3. The molecule has 1 aromatic carbocycles. The molecule has 0 spiro atoms. The van der Waals surface area contributed by atoms with Gasteiger partial charge in [0.05, 0.1) is 0 Å². The number of hydrogen-bond donors (Lipinski definition) is 1. The van der Waals surface area contributed by atoms with Crippen LogP contribution in [0.1, 0.15) is 50.7 Å². The number of aliphatic hydroxyl groups is 1. The van der Waals surface area contributed by atoms with E-state index in [9.17, 15) is 9.90 Å². The first kappa shape index (κ1) is 17.0. The van der Waals surface area contributed by atoms with E-state index in [2.05, 4.69) is 45.0 Å². The molecule has 0 aromatic heterocycles. The van der Waals surface area contributed by atoms with Gasteiger partial charge in [0.2, 0.25) is 5.91 Å². The maximum atomic E-state index is 12.4. The number of carbonyl (C=O) groups is 1. The first-order valence-corrected chi connectivity index (χ1v) is 8.38. The van der Waals surface area contributed by atoms with E-state index < -0.39 is 0 Å². The van der Waals surface area contributed by atoms with Crippen LogP contribution >= 0.6 is 0 Å². The molecular formula is C19H29NO2. The molecule has 1 saturated heterocycles. The lowest BCUT2D eigenvalue weighted by molar-refractivity contribution is -0.133. The summed E-state index contributed by atoms with van der Waals surface area (Å²) in [5, 5.41) is 9.28. The van der Waals surface area contributed by atoms with Crippen LogP contribution in [0, 0.1) is 12.8 Å². The molecule has 2 rings (SSSR count). The molecule has 1 aliphatic heterocycles. The summed E-state index contributed by atoms with van der Waals surface area (Å²) in [6.45, 7) is 8.27. The molecule has 1 N–H and O–H groups in total. The Bertz CT molecular complexity index is 493. The van der Waals surface area contributed by atoms with Crippen LogP contribution in [0.5, 0.6) is 0 Å². The van der Waals surface area contributed by atoms with E-state index in [1.165, 1.54) is 11.1 Å². The van der Waals surface area contributed by atoms with E-state index in [1.807, 2.05) is 4.90 Å². The first-order valence-electron chi connectivity index (χ1n) is 8.38. The van der Waals surface area contributed by atoms with Gasteiger partial charge in [0.15, 0.2) is 0 Å². The Balaban J connectivity index is 1.90. The van der Waals surface area contributed by atoms with Crippen molar-refractivity contribution in [2.24, 2.45) is 5.92 Å². The molecule has 0 bridgehead atoms. The second-order valence-electron chi connectivity index (χ2n) is 7.28. The second kappa shape index (κ2) is 7.28. The van der Waals surface area contributed by atoms with Crippen molar-refractivity contribution >= 4 is 5.91 Å². The topological polar surface area (TPSA) is 40.5 Å². The minimum absolute atomic E-state index is 0.00945. The summed E-state index contributed by atoms with van der Waals surface area (Å²) in [6, 6.07) is 8.61. The standard InChI is InChI=1S/C19H29NO2/c1-15-6-8-17(9-7-15)19(2,3)11-10-18(22)20-12-4-5-16(13-20)14-21/h6-9,16,21H,4-5,10-14H2,1-3H3. The van der Waals surface area contributed by atoms with Gasteiger partial charge < -0.3 is 10.0 Å². The van der Waals surface area contributed by atoms with Crippen LogP contribution in [-0.4, -0.2) is 35.6 Å². The molecule has 22 heavy (non-hydrogen) atoms. The minimum atomic E-state index is 0.00945. The third-order valence-corrected chi connectivity index (χ3v) is 4.93. The van der Waals surface area contributed by atoms with Gasteiger partial charge in [0.25, 0.3) is 0 Å². The van der Waals surface area contributed by atoms with Crippen molar-refractivity contribution in [2.45, 2.75) is 51.9 Å². The molecule has 1 heterocycles. The highest BCUT2D eigenvalue weighted by molar-refractivity contribution is 5.76. The number of rotatable bonds is 5. The molecule has 0 saturated carbocycles. The van der Waals surface area contributed by atoms with Gasteiger partial charge in [-0.3, -0.25) is 4.79 Å². The summed E-state index contributed by atoms with van der Waals surface area (Å²) in [5.74, 6) is 0.501. The molecule has 1 atom stereocenters. The lowest BCUT2D eigenvalue weighted by Gasteiger charge is -2.33. The van der Waals surface area contributed by atoms with Crippen LogP contribution in [0.3, 0.4) is 0 Å². The third-order valence-electron chi connectivity index (χ3n) is 4.93. The van der Waals surface area contributed by atoms with Gasteiger partial charge in [0, 0.05) is 26.1 Å². The molecule has 1 amide bonds. The number of hydrogen-bond acceptors (Lipinski definition) is 2. The van der Waals surface area contributed by atoms with E-state index >= 15 is 0 Å². The predicted octanol–water partition coefficient (Wildman–Crippen LogP) is 3.28. The quantitative estimate of drug-likeness (QED) is 0.907. The number of aryl methyl sites for hydroxylation is 1. The van der Waals surface area contributed by atoms with Crippen molar-refractivity contribution in [1.82, 2.24) is 4.90 Å². The Morgan fingerprint density at radius 2 is 2.00 bits per heavy atom. The van der Waals surface area contributed by atoms with Gasteiger partial charge in [-0.05, 0) is 43.1 Å². The predicted molar refractivity (Wildman–Crippen MR) is 89.8 cm³/mol. The van der Waals surface area contributed by atoms with Gasteiger partial charge in [-0.15, -0.1) is 0 Å². The molecule has 0 aliphatic carbocycles. The highest BCUT2D eigenvalue weighted by Crippen LogP contribution is 2.29. The molecule has 1 unspecified atom stereocenters. The van der Waals surface area contributed by atoms with Gasteiger partial charge >= 0.3 is 0 Å². The Morgan fingerprint density at radius 1 is 1.32 bits per heavy atom. The van der Waals surface area contributed by atoms with Crippen LogP contribution in [0.25, 0.3) is 0 Å². The first-order chi connectivity index (χ1) is 10.4. The Kier molecular flexibility index (Phi) is 5.63. The summed E-state index contributed by atoms with van der Waals surface area (Å²) < 4.78 is 0. The molecule has 1 fully saturated rings. The monoisotopic (exact) mass is 303 g/mol. The lowest BCUT2D eigenvalue weighted by atomic mass is 9.80. The Morgan fingerprint density at radius 3 is 2.64 bits per heavy atom. The molecule has 3 nitrogen and oxygen atoms in total.